The monoisotopic (exact) mass is 350 g/mol. The maximum Gasteiger partial charge on any atom is 0.389 e. The van der Waals surface area contributed by atoms with Crippen molar-refractivity contribution >= 4 is 5.91 Å². The van der Waals surface area contributed by atoms with E-state index < -0.39 is 42.3 Å². The van der Waals surface area contributed by atoms with E-state index in [9.17, 15) is 22.8 Å². The van der Waals surface area contributed by atoms with E-state index in [-0.39, 0.29) is 12.6 Å². The fraction of sp³-hybridized carbons (Fsp3) is 0.714. The third-order valence-electron chi connectivity index (χ3n) is 4.14. The van der Waals surface area contributed by atoms with Crippen LogP contribution in [-0.4, -0.2) is 34.8 Å². The van der Waals surface area contributed by atoms with Crippen LogP contribution < -0.4 is 16.7 Å². The number of carbonyl (C=O) groups is 1. The third-order valence-corrected chi connectivity index (χ3v) is 4.14. The van der Waals surface area contributed by atoms with Gasteiger partial charge in [0.2, 0.25) is 5.91 Å². The molecule has 1 amide bonds. The minimum absolute atomic E-state index is 0.147. The number of aromatic amines is 1. The molecule has 1 aromatic rings. The van der Waals surface area contributed by atoms with Crippen molar-refractivity contribution in [3.05, 3.63) is 21.9 Å². The SMILES string of the molecule is COC1NC(C)C(C(N)=O)c2[nH]c(=O)n(CC(C)CC(F)(F)F)c21. The number of aromatic nitrogens is 2. The first kappa shape index (κ1) is 18.5. The number of hydrogen-bond donors (Lipinski definition) is 3. The van der Waals surface area contributed by atoms with E-state index in [0.717, 1.165) is 0 Å². The molecule has 0 aromatic carbocycles. The van der Waals surface area contributed by atoms with Crippen molar-refractivity contribution < 1.29 is 22.7 Å². The van der Waals surface area contributed by atoms with Crippen molar-refractivity contribution in [3.8, 4) is 0 Å². The zero-order valence-corrected chi connectivity index (χ0v) is 13.6. The summed E-state index contributed by atoms with van der Waals surface area (Å²) in [6.07, 6.45) is -6.05. The topological polar surface area (TPSA) is 102 Å². The van der Waals surface area contributed by atoms with Crippen molar-refractivity contribution in [1.29, 1.82) is 0 Å². The Kier molecular flexibility index (Phi) is 5.09. The van der Waals surface area contributed by atoms with Gasteiger partial charge in [-0.15, -0.1) is 0 Å². The van der Waals surface area contributed by atoms with Crippen molar-refractivity contribution in [2.24, 2.45) is 11.7 Å². The highest BCUT2D eigenvalue weighted by Gasteiger charge is 2.40. The van der Waals surface area contributed by atoms with Crippen LogP contribution >= 0.6 is 0 Å². The second-order valence-corrected chi connectivity index (χ2v) is 6.22. The van der Waals surface area contributed by atoms with Crippen LogP contribution in [-0.2, 0) is 16.1 Å². The number of ether oxygens (including phenoxy) is 1. The predicted molar refractivity (Wildman–Crippen MR) is 79.2 cm³/mol. The first-order valence-electron chi connectivity index (χ1n) is 7.52. The summed E-state index contributed by atoms with van der Waals surface area (Å²) in [7, 11) is 1.40. The lowest BCUT2D eigenvalue weighted by molar-refractivity contribution is -0.144. The number of methoxy groups -OCH3 is 1. The normalized spacial score (nSPS) is 25.3. The number of rotatable bonds is 5. The Hall–Kier alpha value is -1.81. The zero-order chi connectivity index (χ0) is 18.2. The molecule has 4 atom stereocenters. The van der Waals surface area contributed by atoms with Crippen LogP contribution in [0.4, 0.5) is 13.2 Å². The number of amides is 1. The van der Waals surface area contributed by atoms with Gasteiger partial charge in [-0.05, 0) is 12.8 Å². The van der Waals surface area contributed by atoms with E-state index in [0.29, 0.717) is 11.4 Å². The van der Waals surface area contributed by atoms with Crippen LogP contribution in [0.3, 0.4) is 0 Å². The Morgan fingerprint density at radius 1 is 1.46 bits per heavy atom. The minimum atomic E-state index is -4.32. The van der Waals surface area contributed by atoms with E-state index in [1.165, 1.54) is 18.6 Å². The smallest absolute Gasteiger partial charge is 0.369 e. The standard InChI is InChI=1S/C14H21F3N4O3/c1-6(4-14(15,16)17)5-21-10-9(20-13(21)23)8(11(18)22)7(2)19-12(10)24-3/h6-8,12,19H,4-5H2,1-3H3,(H2,18,22)(H,20,23). The number of halogens is 3. The van der Waals surface area contributed by atoms with Gasteiger partial charge in [0.1, 0.15) is 0 Å². The predicted octanol–water partition coefficient (Wildman–Crippen LogP) is 0.970. The summed E-state index contributed by atoms with van der Waals surface area (Å²) in [4.78, 5) is 26.5. The summed E-state index contributed by atoms with van der Waals surface area (Å²) in [6.45, 7) is 2.98. The zero-order valence-electron chi connectivity index (χ0n) is 13.6. The molecule has 0 spiro atoms. The van der Waals surface area contributed by atoms with Gasteiger partial charge in [0.15, 0.2) is 6.23 Å². The molecule has 0 saturated heterocycles. The quantitative estimate of drug-likeness (QED) is 0.736. The maximum atomic E-state index is 12.5. The van der Waals surface area contributed by atoms with Crippen molar-refractivity contribution in [2.75, 3.05) is 7.11 Å². The van der Waals surface area contributed by atoms with Crippen LogP contribution in [0.2, 0.25) is 0 Å². The molecule has 1 aliphatic rings. The molecule has 0 saturated carbocycles. The number of nitrogens with one attached hydrogen (secondary N) is 2. The van der Waals surface area contributed by atoms with Crippen molar-refractivity contribution in [2.45, 2.75) is 51.2 Å². The molecule has 0 aliphatic carbocycles. The summed E-state index contributed by atoms with van der Waals surface area (Å²) >= 11 is 0. The van der Waals surface area contributed by atoms with Gasteiger partial charge in [-0.1, -0.05) is 6.92 Å². The van der Waals surface area contributed by atoms with Crippen LogP contribution in [0.1, 0.15) is 43.8 Å². The largest absolute Gasteiger partial charge is 0.389 e. The van der Waals surface area contributed by atoms with E-state index in [1.807, 2.05) is 0 Å². The van der Waals surface area contributed by atoms with Crippen LogP contribution in [0, 0.1) is 5.92 Å². The third kappa shape index (κ3) is 3.64. The molecule has 4 unspecified atom stereocenters. The Bertz CT molecular complexity index is 667. The average molecular weight is 350 g/mol. The number of fused-ring (bicyclic) bond motifs is 1. The Labute approximate surface area is 136 Å². The van der Waals surface area contributed by atoms with Gasteiger partial charge in [0, 0.05) is 26.1 Å². The van der Waals surface area contributed by atoms with Crippen molar-refractivity contribution in [3.63, 3.8) is 0 Å². The van der Waals surface area contributed by atoms with Crippen LogP contribution in [0.25, 0.3) is 0 Å². The average Bonchev–Trinajstić information content (AvgIpc) is 2.71. The van der Waals surface area contributed by atoms with Gasteiger partial charge >= 0.3 is 11.9 Å². The van der Waals surface area contributed by atoms with Crippen LogP contribution in [0.5, 0.6) is 0 Å². The van der Waals surface area contributed by atoms with Gasteiger partial charge in [-0.25, -0.2) is 4.79 Å². The fourth-order valence-corrected chi connectivity index (χ4v) is 3.21. The highest BCUT2D eigenvalue weighted by Crippen LogP contribution is 2.33. The summed E-state index contributed by atoms with van der Waals surface area (Å²) < 4.78 is 44.1. The molecular weight excluding hydrogens is 329 g/mol. The number of H-pyrrole nitrogens is 1. The molecule has 4 N–H and O–H groups in total. The number of imidazole rings is 1. The van der Waals surface area contributed by atoms with E-state index in [1.54, 1.807) is 6.92 Å². The second-order valence-electron chi connectivity index (χ2n) is 6.22. The lowest BCUT2D eigenvalue weighted by atomic mass is 9.91. The number of hydrogen-bond acceptors (Lipinski definition) is 4. The highest BCUT2D eigenvalue weighted by molar-refractivity contribution is 5.83. The van der Waals surface area contributed by atoms with Gasteiger partial charge in [0.05, 0.1) is 17.3 Å². The Morgan fingerprint density at radius 3 is 2.58 bits per heavy atom. The van der Waals surface area contributed by atoms with E-state index in [2.05, 4.69) is 10.3 Å². The highest BCUT2D eigenvalue weighted by atomic mass is 19.4. The lowest BCUT2D eigenvalue weighted by Gasteiger charge is -2.33. The maximum absolute atomic E-state index is 12.5. The molecule has 136 valence electrons. The fourth-order valence-electron chi connectivity index (χ4n) is 3.21. The van der Waals surface area contributed by atoms with Crippen LogP contribution in [0.15, 0.2) is 4.79 Å². The van der Waals surface area contributed by atoms with Gasteiger partial charge in [-0.2, -0.15) is 13.2 Å². The molecule has 24 heavy (non-hydrogen) atoms. The first-order valence-corrected chi connectivity index (χ1v) is 7.52. The molecule has 0 fully saturated rings. The molecule has 2 heterocycles. The molecule has 1 aliphatic heterocycles. The summed E-state index contributed by atoms with van der Waals surface area (Å²) in [5.41, 5.74) is 5.43. The second kappa shape index (κ2) is 6.60. The number of nitrogens with zero attached hydrogens (tertiary/aromatic N) is 1. The lowest BCUT2D eigenvalue weighted by Crippen LogP contribution is -2.47. The molecule has 0 radical (unpaired) electrons. The summed E-state index contributed by atoms with van der Waals surface area (Å²) in [5, 5.41) is 3.00. The molecule has 1 aromatic heterocycles. The first-order chi connectivity index (χ1) is 11.0. The molecule has 2 rings (SSSR count). The van der Waals surface area contributed by atoms with Gasteiger partial charge in [-0.3, -0.25) is 14.7 Å². The van der Waals surface area contributed by atoms with E-state index >= 15 is 0 Å². The summed E-state index contributed by atoms with van der Waals surface area (Å²) in [5.74, 6) is -2.24. The number of primary amides is 1. The molecular formula is C14H21F3N4O3. The number of carbonyl (C=O) groups excluding carboxylic acids is 1. The van der Waals surface area contributed by atoms with Gasteiger partial charge in [0.25, 0.3) is 0 Å². The minimum Gasteiger partial charge on any atom is -0.369 e. The molecule has 7 nitrogen and oxygen atoms in total. The Balaban J connectivity index is 2.43. The number of nitrogens with two attached hydrogens (primary N) is 1. The van der Waals surface area contributed by atoms with Crippen molar-refractivity contribution in [1.82, 2.24) is 14.9 Å². The number of alkyl halides is 3. The molecule has 10 heteroatoms. The van der Waals surface area contributed by atoms with Gasteiger partial charge < -0.3 is 15.5 Å². The molecule has 0 bridgehead atoms. The van der Waals surface area contributed by atoms with E-state index in [4.69, 9.17) is 10.5 Å². The Morgan fingerprint density at radius 2 is 2.08 bits per heavy atom. The summed E-state index contributed by atoms with van der Waals surface area (Å²) in [6, 6.07) is -0.390.